The predicted octanol–water partition coefficient (Wildman–Crippen LogP) is 8.51. The maximum atomic E-state index is 2.42. The Hall–Kier alpha value is -3.64. The fourth-order valence-corrected chi connectivity index (χ4v) is 6.15. The molecule has 0 aromatic heterocycles. The first-order valence-corrected chi connectivity index (χ1v) is 12.1. The largest absolute Gasteiger partial charge is 0.0804 e. The fraction of sp³-hybridized carbons (Fsp3) is 0.152. The molecule has 3 aliphatic rings. The van der Waals surface area contributed by atoms with Gasteiger partial charge < -0.3 is 0 Å². The molecule has 7 rings (SSSR count). The number of hydrogen-bond acceptors (Lipinski definition) is 0. The molecule has 0 spiro atoms. The molecule has 1 fully saturated rings. The van der Waals surface area contributed by atoms with Gasteiger partial charge in [-0.2, -0.15) is 0 Å². The van der Waals surface area contributed by atoms with Crippen molar-refractivity contribution in [3.63, 3.8) is 0 Å². The van der Waals surface area contributed by atoms with E-state index < -0.39 is 0 Å². The molecule has 158 valence electrons. The van der Waals surface area contributed by atoms with E-state index in [1.54, 1.807) is 16.7 Å². The Morgan fingerprint density at radius 1 is 0.606 bits per heavy atom. The van der Waals surface area contributed by atoms with Crippen molar-refractivity contribution in [3.05, 3.63) is 131 Å². The van der Waals surface area contributed by atoms with Gasteiger partial charge in [0.25, 0.3) is 0 Å². The van der Waals surface area contributed by atoms with Crippen LogP contribution in [0.1, 0.15) is 36.0 Å². The second-order valence-corrected chi connectivity index (χ2v) is 9.70. The molecule has 0 N–H and O–H groups in total. The van der Waals surface area contributed by atoms with Crippen LogP contribution < -0.4 is 0 Å². The Kier molecular flexibility index (Phi) is 4.11. The van der Waals surface area contributed by atoms with E-state index in [4.69, 9.17) is 0 Å². The highest BCUT2D eigenvalue weighted by Gasteiger charge is 2.50. The highest BCUT2D eigenvalue weighted by molar-refractivity contribution is 5.86. The quantitative estimate of drug-likeness (QED) is 0.272. The summed E-state index contributed by atoms with van der Waals surface area (Å²) in [6, 6.07) is 33.6. The third kappa shape index (κ3) is 2.91. The van der Waals surface area contributed by atoms with Gasteiger partial charge >= 0.3 is 0 Å². The number of hydrogen-bond donors (Lipinski definition) is 0. The minimum Gasteiger partial charge on any atom is -0.0804 e. The first kappa shape index (κ1) is 18.9. The topological polar surface area (TPSA) is 0 Å². The van der Waals surface area contributed by atoms with Gasteiger partial charge in [-0.3, -0.25) is 0 Å². The second-order valence-electron chi connectivity index (χ2n) is 9.70. The average Bonchev–Trinajstić information content (AvgIpc) is 3.31. The standard InChI is InChI=1S/C33H26/c1-3-9-23(10-4-1)25-15-16-28-26(21-25)22-31-30(28)18-17-29(24-11-5-2-6-12-24)32(31)33(19-20-33)27-13-7-8-14-27/h1-13,15-18,21H,14,19-20,22H2. The van der Waals surface area contributed by atoms with Gasteiger partial charge in [0.05, 0.1) is 0 Å². The number of fused-ring (bicyclic) bond motifs is 3. The van der Waals surface area contributed by atoms with Crippen LogP contribution in [0.5, 0.6) is 0 Å². The van der Waals surface area contributed by atoms with E-state index in [-0.39, 0.29) is 5.41 Å². The molecular formula is C33H26. The highest BCUT2D eigenvalue weighted by atomic mass is 14.5. The smallest absolute Gasteiger partial charge is 0.0178 e. The maximum absolute atomic E-state index is 2.42. The van der Waals surface area contributed by atoms with Gasteiger partial charge in [-0.1, -0.05) is 115 Å². The van der Waals surface area contributed by atoms with Gasteiger partial charge in [-0.25, -0.2) is 0 Å². The lowest BCUT2D eigenvalue weighted by atomic mass is 9.78. The minimum absolute atomic E-state index is 0.213. The van der Waals surface area contributed by atoms with Gasteiger partial charge in [0.2, 0.25) is 0 Å². The van der Waals surface area contributed by atoms with Crippen LogP contribution in [0.25, 0.3) is 33.4 Å². The Balaban J connectivity index is 1.41. The van der Waals surface area contributed by atoms with Crippen molar-refractivity contribution >= 4 is 0 Å². The van der Waals surface area contributed by atoms with Gasteiger partial charge in [0, 0.05) is 5.41 Å². The van der Waals surface area contributed by atoms with Gasteiger partial charge in [-0.15, -0.1) is 0 Å². The molecule has 0 bridgehead atoms. The maximum Gasteiger partial charge on any atom is 0.0178 e. The third-order valence-corrected chi connectivity index (χ3v) is 7.88. The molecule has 0 saturated heterocycles. The van der Waals surface area contributed by atoms with Crippen LogP contribution in [-0.2, 0) is 11.8 Å². The van der Waals surface area contributed by atoms with Crippen molar-refractivity contribution in [2.75, 3.05) is 0 Å². The van der Waals surface area contributed by atoms with Crippen molar-refractivity contribution < 1.29 is 0 Å². The molecule has 0 nitrogen and oxygen atoms in total. The van der Waals surface area contributed by atoms with Gasteiger partial charge in [0.15, 0.2) is 0 Å². The minimum atomic E-state index is 0.213. The van der Waals surface area contributed by atoms with Gasteiger partial charge in [-0.05, 0) is 75.8 Å². The van der Waals surface area contributed by atoms with Crippen LogP contribution >= 0.6 is 0 Å². The molecule has 0 unspecified atom stereocenters. The predicted molar refractivity (Wildman–Crippen MR) is 138 cm³/mol. The molecule has 0 heteroatoms. The van der Waals surface area contributed by atoms with Crippen LogP contribution in [0.3, 0.4) is 0 Å². The molecule has 0 aliphatic heterocycles. The summed E-state index contributed by atoms with van der Waals surface area (Å²) in [5, 5.41) is 0. The molecule has 0 atom stereocenters. The lowest BCUT2D eigenvalue weighted by Gasteiger charge is -2.25. The van der Waals surface area contributed by atoms with Crippen molar-refractivity contribution in [2.45, 2.75) is 31.1 Å². The Bertz CT molecular complexity index is 1430. The normalized spacial score (nSPS) is 16.9. The summed E-state index contributed by atoms with van der Waals surface area (Å²) in [4.78, 5) is 0. The summed E-state index contributed by atoms with van der Waals surface area (Å²) >= 11 is 0. The van der Waals surface area contributed by atoms with E-state index >= 15 is 0 Å². The van der Waals surface area contributed by atoms with E-state index in [2.05, 4.69) is 109 Å². The van der Waals surface area contributed by atoms with E-state index in [1.165, 1.54) is 51.8 Å². The number of rotatable bonds is 4. The van der Waals surface area contributed by atoms with Crippen LogP contribution in [-0.4, -0.2) is 0 Å². The summed E-state index contributed by atoms with van der Waals surface area (Å²) in [6.45, 7) is 0. The van der Waals surface area contributed by atoms with Crippen LogP contribution in [0.4, 0.5) is 0 Å². The van der Waals surface area contributed by atoms with Crippen molar-refractivity contribution in [2.24, 2.45) is 0 Å². The molecule has 0 heterocycles. The SMILES string of the molecule is C1=CCC(C2(c3c(-c4ccccc4)ccc4c3Cc3cc(-c5ccccc5)ccc3-4)CC2)=C1. The zero-order valence-corrected chi connectivity index (χ0v) is 18.7. The van der Waals surface area contributed by atoms with Crippen LogP contribution in [0.15, 0.2) is 115 Å². The van der Waals surface area contributed by atoms with Crippen LogP contribution in [0.2, 0.25) is 0 Å². The molecule has 3 aliphatic carbocycles. The molecule has 1 saturated carbocycles. The van der Waals surface area contributed by atoms with Crippen molar-refractivity contribution in [1.29, 1.82) is 0 Å². The third-order valence-electron chi connectivity index (χ3n) is 7.88. The lowest BCUT2D eigenvalue weighted by molar-refractivity contribution is 0.792. The lowest BCUT2D eigenvalue weighted by Crippen LogP contribution is -2.14. The van der Waals surface area contributed by atoms with E-state index in [9.17, 15) is 0 Å². The Morgan fingerprint density at radius 3 is 2.00 bits per heavy atom. The molecule has 33 heavy (non-hydrogen) atoms. The number of benzene rings is 4. The van der Waals surface area contributed by atoms with E-state index in [0.29, 0.717) is 0 Å². The zero-order valence-electron chi connectivity index (χ0n) is 18.7. The fourth-order valence-electron chi connectivity index (χ4n) is 6.15. The molecular weight excluding hydrogens is 396 g/mol. The molecule has 4 aromatic rings. The summed E-state index contributed by atoms with van der Waals surface area (Å²) in [5.74, 6) is 0. The average molecular weight is 423 g/mol. The zero-order chi connectivity index (χ0) is 21.8. The molecule has 0 radical (unpaired) electrons. The summed E-state index contributed by atoms with van der Waals surface area (Å²) in [6.07, 6.45) is 11.6. The van der Waals surface area contributed by atoms with Crippen molar-refractivity contribution in [3.8, 4) is 33.4 Å². The van der Waals surface area contributed by atoms with Crippen molar-refractivity contribution in [1.82, 2.24) is 0 Å². The number of allylic oxidation sites excluding steroid dienone is 4. The first-order chi connectivity index (χ1) is 16.3. The Labute approximate surface area is 195 Å². The van der Waals surface area contributed by atoms with E-state index in [1.807, 2.05) is 0 Å². The summed E-state index contributed by atoms with van der Waals surface area (Å²) < 4.78 is 0. The monoisotopic (exact) mass is 422 g/mol. The summed E-state index contributed by atoms with van der Waals surface area (Å²) in [7, 11) is 0. The molecule has 0 amide bonds. The summed E-state index contributed by atoms with van der Waals surface area (Å²) in [5.41, 5.74) is 14.7. The highest BCUT2D eigenvalue weighted by Crippen LogP contribution is 2.60. The Morgan fingerprint density at radius 2 is 1.30 bits per heavy atom. The van der Waals surface area contributed by atoms with E-state index in [0.717, 1.165) is 12.8 Å². The first-order valence-electron chi connectivity index (χ1n) is 12.1. The second kappa shape index (κ2) is 7.18. The molecule has 4 aromatic carbocycles. The van der Waals surface area contributed by atoms with Gasteiger partial charge in [0.1, 0.15) is 0 Å². The van der Waals surface area contributed by atoms with Crippen LogP contribution in [0, 0.1) is 0 Å².